The molecule has 1 aromatic heterocycles. The molecule has 0 aliphatic heterocycles. The second-order valence-corrected chi connectivity index (χ2v) is 6.19. The van der Waals surface area contributed by atoms with Gasteiger partial charge in [-0.15, -0.1) is 0 Å². The van der Waals surface area contributed by atoms with Crippen molar-refractivity contribution in [2.75, 3.05) is 0 Å². The van der Waals surface area contributed by atoms with Gasteiger partial charge in [-0.1, -0.05) is 39.0 Å². The van der Waals surface area contributed by atoms with Gasteiger partial charge in [0.1, 0.15) is 0 Å². The first kappa shape index (κ1) is 15.3. The van der Waals surface area contributed by atoms with Crippen molar-refractivity contribution < 1.29 is 4.79 Å². The van der Waals surface area contributed by atoms with Crippen LogP contribution >= 0.6 is 0 Å². The summed E-state index contributed by atoms with van der Waals surface area (Å²) in [5.74, 6) is -0.144. The third-order valence-electron chi connectivity index (χ3n) is 3.34. The van der Waals surface area contributed by atoms with Crippen LogP contribution in [0.3, 0.4) is 0 Å². The minimum Gasteiger partial charge on any atom is -0.351 e. The molecule has 0 spiro atoms. The van der Waals surface area contributed by atoms with Gasteiger partial charge in [-0.2, -0.15) is 5.10 Å². The number of hydrogen-bond donors (Lipinski definition) is 2. The maximum absolute atomic E-state index is 12.0. The molecule has 21 heavy (non-hydrogen) atoms. The topological polar surface area (TPSA) is 72.9 Å². The smallest absolute Gasteiger partial charge is 0.237 e. The third kappa shape index (κ3) is 3.92. The number of nitrogens with one attached hydrogen (secondary N) is 1. The van der Waals surface area contributed by atoms with E-state index in [9.17, 15) is 4.79 Å². The number of nitrogens with two attached hydrogens (primary N) is 1. The molecule has 5 nitrogen and oxygen atoms in total. The van der Waals surface area contributed by atoms with Gasteiger partial charge >= 0.3 is 0 Å². The van der Waals surface area contributed by atoms with Crippen LogP contribution in [0.4, 0.5) is 0 Å². The second-order valence-electron chi connectivity index (χ2n) is 6.19. The molecule has 1 atom stereocenters. The lowest BCUT2D eigenvalue weighted by Crippen LogP contribution is -2.48. The molecule has 1 heterocycles. The zero-order chi connectivity index (χ0) is 15.5. The molecule has 0 bridgehead atoms. The zero-order valence-corrected chi connectivity index (χ0v) is 12.7. The summed E-state index contributed by atoms with van der Waals surface area (Å²) >= 11 is 0. The fourth-order valence-electron chi connectivity index (χ4n) is 1.87. The lowest BCUT2D eigenvalue weighted by Gasteiger charge is -2.25. The minimum atomic E-state index is -0.526. The van der Waals surface area contributed by atoms with Gasteiger partial charge in [0, 0.05) is 18.3 Å². The minimum absolute atomic E-state index is 0.144. The summed E-state index contributed by atoms with van der Waals surface area (Å²) in [6.07, 6.45) is 3.65. The molecule has 1 aromatic carbocycles. The molecule has 3 N–H and O–H groups in total. The Morgan fingerprint density at radius 1 is 1.33 bits per heavy atom. The Hall–Kier alpha value is -2.14. The summed E-state index contributed by atoms with van der Waals surface area (Å²) in [5.41, 5.74) is 7.60. The molecular formula is C16H22N4O. The van der Waals surface area contributed by atoms with Crippen LogP contribution in [0.15, 0.2) is 42.7 Å². The number of carbonyl (C=O) groups excluding carboxylic acids is 1. The van der Waals surface area contributed by atoms with Crippen LogP contribution in [0.25, 0.3) is 5.69 Å². The molecule has 2 aromatic rings. The summed E-state index contributed by atoms with van der Waals surface area (Å²) in [6.45, 7) is 6.27. The molecule has 112 valence electrons. The van der Waals surface area contributed by atoms with Gasteiger partial charge in [0.05, 0.1) is 17.9 Å². The van der Waals surface area contributed by atoms with Crippen molar-refractivity contribution >= 4 is 5.91 Å². The monoisotopic (exact) mass is 286 g/mol. The van der Waals surface area contributed by atoms with Crippen LogP contribution < -0.4 is 11.1 Å². The van der Waals surface area contributed by atoms with Gasteiger partial charge < -0.3 is 11.1 Å². The molecule has 5 heteroatoms. The van der Waals surface area contributed by atoms with Gasteiger partial charge in [0.2, 0.25) is 5.91 Å². The number of hydrogen-bond acceptors (Lipinski definition) is 3. The normalized spacial score (nSPS) is 13.0. The van der Waals surface area contributed by atoms with E-state index in [2.05, 4.69) is 10.4 Å². The molecule has 2 rings (SSSR count). The average molecular weight is 286 g/mol. The molecule has 1 amide bonds. The van der Waals surface area contributed by atoms with Crippen molar-refractivity contribution in [3.8, 4) is 5.69 Å². The van der Waals surface area contributed by atoms with Crippen LogP contribution in [0, 0.1) is 5.41 Å². The van der Waals surface area contributed by atoms with Crippen LogP contribution in [0.5, 0.6) is 0 Å². The molecule has 0 fully saturated rings. The number of aromatic nitrogens is 2. The molecule has 0 aliphatic rings. The molecular weight excluding hydrogens is 264 g/mol. The number of para-hydroxylation sites is 1. The maximum Gasteiger partial charge on any atom is 0.237 e. The average Bonchev–Trinajstić information content (AvgIpc) is 2.93. The van der Waals surface area contributed by atoms with Crippen molar-refractivity contribution in [1.82, 2.24) is 15.1 Å². The Balaban J connectivity index is 1.96. The van der Waals surface area contributed by atoms with Crippen LogP contribution in [-0.2, 0) is 11.3 Å². The van der Waals surface area contributed by atoms with E-state index in [0.717, 1.165) is 11.3 Å². The summed E-state index contributed by atoms with van der Waals surface area (Å²) in [5, 5.41) is 7.14. The fourth-order valence-corrected chi connectivity index (χ4v) is 1.87. The SMILES string of the molecule is CC(C)(C)[C@@H](N)C(=O)NCc1cnn(-c2ccccc2)c1. The highest BCUT2D eigenvalue weighted by molar-refractivity contribution is 5.82. The van der Waals surface area contributed by atoms with E-state index in [-0.39, 0.29) is 11.3 Å². The fraction of sp³-hybridized carbons (Fsp3) is 0.375. The molecule has 0 radical (unpaired) electrons. The molecule has 0 saturated heterocycles. The van der Waals surface area contributed by atoms with Gasteiger partial charge in [0.25, 0.3) is 0 Å². The number of amides is 1. The highest BCUT2D eigenvalue weighted by atomic mass is 16.2. The number of carbonyl (C=O) groups is 1. The summed E-state index contributed by atoms with van der Waals surface area (Å²) < 4.78 is 1.78. The van der Waals surface area contributed by atoms with Gasteiger partial charge in [-0.05, 0) is 17.5 Å². The Kier molecular flexibility index (Phi) is 4.43. The standard InChI is InChI=1S/C16H22N4O/c1-16(2,3)14(17)15(21)18-9-12-10-19-20(11-12)13-7-5-4-6-8-13/h4-8,10-11,14H,9,17H2,1-3H3,(H,18,21)/t14-/m0/s1. The van der Waals surface area contributed by atoms with Crippen molar-refractivity contribution in [3.05, 3.63) is 48.3 Å². The highest BCUT2D eigenvalue weighted by Crippen LogP contribution is 2.17. The quantitative estimate of drug-likeness (QED) is 0.901. The number of nitrogens with zero attached hydrogens (tertiary/aromatic N) is 2. The van der Waals surface area contributed by atoms with E-state index in [1.807, 2.05) is 57.3 Å². The van der Waals surface area contributed by atoms with E-state index >= 15 is 0 Å². The van der Waals surface area contributed by atoms with Gasteiger partial charge in [-0.25, -0.2) is 4.68 Å². The van der Waals surface area contributed by atoms with Crippen molar-refractivity contribution in [2.24, 2.45) is 11.1 Å². The predicted molar refractivity (Wildman–Crippen MR) is 82.8 cm³/mol. The lowest BCUT2D eigenvalue weighted by atomic mass is 9.87. The molecule has 0 saturated carbocycles. The first-order valence-electron chi connectivity index (χ1n) is 7.00. The highest BCUT2D eigenvalue weighted by Gasteiger charge is 2.27. The lowest BCUT2D eigenvalue weighted by molar-refractivity contribution is -0.124. The number of benzene rings is 1. The predicted octanol–water partition coefficient (Wildman–Crippen LogP) is 1.86. The summed E-state index contributed by atoms with van der Waals surface area (Å²) in [7, 11) is 0. The zero-order valence-electron chi connectivity index (χ0n) is 12.7. The van der Waals surface area contributed by atoms with Crippen LogP contribution in [0.2, 0.25) is 0 Å². The maximum atomic E-state index is 12.0. The molecule has 0 aliphatic carbocycles. The second kappa shape index (κ2) is 6.10. The Labute approximate surface area is 125 Å². The summed E-state index contributed by atoms with van der Waals surface area (Å²) in [4.78, 5) is 12.0. The molecule has 0 unspecified atom stereocenters. The van der Waals surface area contributed by atoms with Crippen molar-refractivity contribution in [1.29, 1.82) is 0 Å². The summed E-state index contributed by atoms with van der Waals surface area (Å²) in [6, 6.07) is 9.31. The third-order valence-corrected chi connectivity index (χ3v) is 3.34. The van der Waals surface area contributed by atoms with E-state index in [0.29, 0.717) is 6.54 Å². The van der Waals surface area contributed by atoms with E-state index in [1.54, 1.807) is 10.9 Å². The van der Waals surface area contributed by atoms with Gasteiger partial charge in [-0.3, -0.25) is 4.79 Å². The first-order valence-corrected chi connectivity index (χ1v) is 7.00. The van der Waals surface area contributed by atoms with E-state index in [4.69, 9.17) is 5.73 Å². The van der Waals surface area contributed by atoms with Gasteiger partial charge in [0.15, 0.2) is 0 Å². The van der Waals surface area contributed by atoms with E-state index in [1.165, 1.54) is 0 Å². The van der Waals surface area contributed by atoms with Crippen LogP contribution in [-0.4, -0.2) is 21.7 Å². The Bertz CT molecular complexity index is 598. The number of rotatable bonds is 4. The van der Waals surface area contributed by atoms with E-state index < -0.39 is 6.04 Å². The Morgan fingerprint density at radius 2 is 2.00 bits per heavy atom. The first-order chi connectivity index (χ1) is 9.88. The van der Waals surface area contributed by atoms with Crippen molar-refractivity contribution in [2.45, 2.75) is 33.4 Å². The van der Waals surface area contributed by atoms with Crippen LogP contribution in [0.1, 0.15) is 26.3 Å². The van der Waals surface area contributed by atoms with Crippen molar-refractivity contribution in [3.63, 3.8) is 0 Å². The largest absolute Gasteiger partial charge is 0.351 e. The Morgan fingerprint density at radius 3 is 2.62 bits per heavy atom.